The summed E-state index contributed by atoms with van der Waals surface area (Å²) in [6, 6.07) is 21.8. The number of fused-ring (bicyclic) bond motifs is 1. The third kappa shape index (κ3) is 10.3. The van der Waals surface area contributed by atoms with Crippen LogP contribution in [0.1, 0.15) is 96.3 Å². The number of aromatic nitrogens is 4. The lowest BCUT2D eigenvalue weighted by Crippen LogP contribution is -2.30. The van der Waals surface area contributed by atoms with Gasteiger partial charge < -0.3 is 20.1 Å². The van der Waals surface area contributed by atoms with Crippen LogP contribution in [0.5, 0.6) is 0 Å². The topological polar surface area (TPSA) is 86.1 Å². The number of ether oxygens (including phenoxy) is 2. The third-order valence-corrected chi connectivity index (χ3v) is 7.86. The Morgan fingerprint density at radius 3 is 2.13 bits per heavy atom. The molecule has 0 bridgehead atoms. The molecular weight excluding hydrogens is 560 g/mol. The van der Waals surface area contributed by atoms with Gasteiger partial charge in [-0.2, -0.15) is 0 Å². The van der Waals surface area contributed by atoms with Gasteiger partial charge in [-0.3, -0.25) is 4.57 Å². The fourth-order valence-corrected chi connectivity index (χ4v) is 5.57. The maximum Gasteiger partial charge on any atom is 0.167 e. The van der Waals surface area contributed by atoms with E-state index in [1.165, 1.54) is 11.1 Å². The van der Waals surface area contributed by atoms with Crippen LogP contribution < -0.4 is 10.6 Å². The Kier molecular flexibility index (Phi) is 12.9. The molecule has 8 nitrogen and oxygen atoms in total. The number of hydrogen-bond acceptors (Lipinski definition) is 7. The summed E-state index contributed by atoms with van der Waals surface area (Å²) >= 11 is 0. The van der Waals surface area contributed by atoms with Gasteiger partial charge in [-0.15, -0.1) is 0 Å². The highest BCUT2D eigenvalue weighted by Crippen LogP contribution is 2.32. The van der Waals surface area contributed by atoms with Gasteiger partial charge in [0.2, 0.25) is 0 Å². The maximum atomic E-state index is 6.29. The number of anilines is 1. The normalized spacial score (nSPS) is 16.7. The lowest BCUT2D eigenvalue weighted by molar-refractivity contribution is -0.0300. The molecule has 1 aliphatic rings. The number of nitrogens with one attached hydrogen (secondary N) is 2. The first-order valence-corrected chi connectivity index (χ1v) is 16.6. The Bertz CT molecular complexity index is 1370. The van der Waals surface area contributed by atoms with Crippen LogP contribution in [0.2, 0.25) is 0 Å². The van der Waals surface area contributed by atoms with Crippen molar-refractivity contribution < 1.29 is 9.47 Å². The molecule has 2 aromatic heterocycles. The Morgan fingerprint density at radius 1 is 0.933 bits per heavy atom. The number of benzene rings is 2. The highest BCUT2D eigenvalue weighted by molar-refractivity contribution is 5.83. The predicted octanol–water partition coefficient (Wildman–Crippen LogP) is 7.77. The molecule has 0 spiro atoms. The Labute approximate surface area is 270 Å². The summed E-state index contributed by atoms with van der Waals surface area (Å²) in [5.74, 6) is 1.74. The first-order chi connectivity index (χ1) is 21.7. The van der Waals surface area contributed by atoms with E-state index in [9.17, 15) is 0 Å². The van der Waals surface area contributed by atoms with Gasteiger partial charge >= 0.3 is 0 Å². The molecule has 3 heterocycles. The second kappa shape index (κ2) is 16.8. The van der Waals surface area contributed by atoms with Crippen LogP contribution in [0.4, 0.5) is 5.82 Å². The second-order valence-electron chi connectivity index (χ2n) is 13.5. The number of hydrogen-bond donors (Lipinski definition) is 2. The van der Waals surface area contributed by atoms with E-state index in [4.69, 9.17) is 24.4 Å². The molecule has 1 fully saturated rings. The fraction of sp³-hybridized carbons (Fsp3) is 0.541. The first-order valence-electron chi connectivity index (χ1n) is 16.6. The van der Waals surface area contributed by atoms with Crippen LogP contribution in [0.3, 0.4) is 0 Å². The molecule has 8 heteroatoms. The van der Waals surface area contributed by atoms with E-state index in [1.807, 2.05) is 6.33 Å². The van der Waals surface area contributed by atoms with Crippen LogP contribution in [-0.4, -0.2) is 58.5 Å². The molecule has 0 aliphatic carbocycles. The number of nitrogens with zero attached hydrogens (tertiary/aromatic N) is 4. The molecule has 4 aromatic rings. The summed E-state index contributed by atoms with van der Waals surface area (Å²) in [6.45, 7) is 15.3. The van der Waals surface area contributed by atoms with E-state index in [2.05, 4.69) is 117 Å². The number of imidazole rings is 1. The summed E-state index contributed by atoms with van der Waals surface area (Å²) in [4.78, 5) is 14.8. The smallest absolute Gasteiger partial charge is 0.167 e. The second-order valence-corrected chi connectivity index (χ2v) is 13.5. The fourth-order valence-electron chi connectivity index (χ4n) is 5.57. The lowest BCUT2D eigenvalue weighted by atomic mass is 9.91. The Hall–Kier alpha value is -3.33. The molecule has 0 saturated carbocycles. The third-order valence-electron chi connectivity index (χ3n) is 7.86. The van der Waals surface area contributed by atoms with Crippen LogP contribution in [0.15, 0.2) is 67.0 Å². The highest BCUT2D eigenvalue weighted by atomic mass is 16.5. The average Bonchev–Trinajstić information content (AvgIpc) is 3.67. The predicted molar refractivity (Wildman–Crippen MR) is 185 cm³/mol. The minimum absolute atomic E-state index is 0.0908. The zero-order valence-corrected chi connectivity index (χ0v) is 28.4. The largest absolute Gasteiger partial charge is 0.382 e. The van der Waals surface area contributed by atoms with Crippen molar-refractivity contribution in [1.29, 1.82) is 0 Å². The minimum atomic E-state index is -0.107. The van der Waals surface area contributed by atoms with Crippen LogP contribution in [0.25, 0.3) is 11.2 Å². The molecular formula is C37H54N6O2. The standard InChI is InChI=1S/C32H42N6O2.C5H12/c1-4-25(5-2)33-19-18-28-36-31(30-32(37-28)38(22-35-30)29-17-16-26(40-29)21-39-3)34-20-27(23-12-8-6-9-13-23)24-14-10-7-11-15-24;1-5(2,3)4/h6-15,22,25-27,29,33H,4-5,16-21H2,1-3H3,(H,34,36,37);1-4H3. The zero-order chi connectivity index (χ0) is 32.2. The summed E-state index contributed by atoms with van der Waals surface area (Å²) < 4.78 is 13.7. The van der Waals surface area contributed by atoms with E-state index in [0.29, 0.717) is 24.6 Å². The minimum Gasteiger partial charge on any atom is -0.382 e. The number of rotatable bonds is 14. The van der Waals surface area contributed by atoms with Gasteiger partial charge in [0.15, 0.2) is 17.0 Å². The van der Waals surface area contributed by atoms with E-state index in [0.717, 1.165) is 61.5 Å². The molecule has 2 N–H and O–H groups in total. The highest BCUT2D eigenvalue weighted by Gasteiger charge is 2.29. The first kappa shape index (κ1) is 34.5. The Balaban J connectivity index is 0.000000854. The van der Waals surface area contributed by atoms with Crippen molar-refractivity contribution in [3.05, 3.63) is 83.9 Å². The quantitative estimate of drug-likeness (QED) is 0.150. The lowest BCUT2D eigenvalue weighted by Gasteiger charge is -2.20. The maximum absolute atomic E-state index is 6.29. The van der Waals surface area contributed by atoms with Crippen molar-refractivity contribution in [2.24, 2.45) is 5.41 Å². The number of methoxy groups -OCH3 is 1. The van der Waals surface area contributed by atoms with Gasteiger partial charge in [0.05, 0.1) is 19.0 Å². The van der Waals surface area contributed by atoms with Crippen molar-refractivity contribution in [2.45, 2.75) is 97.9 Å². The van der Waals surface area contributed by atoms with E-state index >= 15 is 0 Å². The molecule has 0 radical (unpaired) electrons. The van der Waals surface area contributed by atoms with Gasteiger partial charge in [-0.1, -0.05) is 102 Å². The molecule has 45 heavy (non-hydrogen) atoms. The van der Waals surface area contributed by atoms with Crippen LogP contribution in [-0.2, 0) is 15.9 Å². The molecule has 0 amide bonds. The van der Waals surface area contributed by atoms with Gasteiger partial charge in [0.1, 0.15) is 12.1 Å². The summed E-state index contributed by atoms with van der Waals surface area (Å²) in [5.41, 5.74) is 4.61. The van der Waals surface area contributed by atoms with Crippen molar-refractivity contribution >= 4 is 17.0 Å². The summed E-state index contributed by atoms with van der Waals surface area (Å²) in [6.07, 6.45) is 6.65. The Morgan fingerprint density at radius 2 is 1.56 bits per heavy atom. The molecule has 1 aliphatic heterocycles. The van der Waals surface area contributed by atoms with Gasteiger partial charge in [-0.05, 0) is 42.2 Å². The summed E-state index contributed by atoms with van der Waals surface area (Å²) in [7, 11) is 1.72. The van der Waals surface area contributed by atoms with Crippen molar-refractivity contribution in [1.82, 2.24) is 24.8 Å². The molecule has 244 valence electrons. The summed E-state index contributed by atoms with van der Waals surface area (Å²) in [5, 5.41) is 7.32. The van der Waals surface area contributed by atoms with E-state index in [1.54, 1.807) is 7.11 Å². The average molecular weight is 615 g/mol. The van der Waals surface area contributed by atoms with Crippen molar-refractivity contribution in [3.8, 4) is 0 Å². The van der Waals surface area contributed by atoms with E-state index in [-0.39, 0.29) is 18.2 Å². The monoisotopic (exact) mass is 614 g/mol. The molecule has 2 atom stereocenters. The van der Waals surface area contributed by atoms with Gasteiger partial charge in [0, 0.05) is 38.6 Å². The van der Waals surface area contributed by atoms with Gasteiger partial charge in [-0.25, -0.2) is 15.0 Å². The van der Waals surface area contributed by atoms with Gasteiger partial charge in [0.25, 0.3) is 0 Å². The van der Waals surface area contributed by atoms with Crippen molar-refractivity contribution in [2.75, 3.05) is 32.1 Å². The zero-order valence-electron chi connectivity index (χ0n) is 28.4. The molecule has 2 unspecified atom stereocenters. The van der Waals surface area contributed by atoms with Crippen LogP contribution >= 0.6 is 0 Å². The van der Waals surface area contributed by atoms with Crippen molar-refractivity contribution in [3.63, 3.8) is 0 Å². The SMILES string of the molecule is CC(C)(C)C.CCC(CC)NCCc1nc(NCC(c2ccccc2)c2ccccc2)c2ncn(C3CCC(COC)O3)c2n1. The van der Waals surface area contributed by atoms with E-state index < -0.39 is 0 Å². The molecule has 1 saturated heterocycles. The van der Waals surface area contributed by atoms with Crippen LogP contribution in [0, 0.1) is 5.41 Å². The molecule has 2 aromatic carbocycles. The molecule has 5 rings (SSSR count).